The summed E-state index contributed by atoms with van der Waals surface area (Å²) in [4.78, 5) is 12.8. The largest absolute Gasteiger partial charge is 0.496 e. The van der Waals surface area contributed by atoms with Crippen LogP contribution in [0.25, 0.3) is 11.4 Å². The lowest BCUT2D eigenvalue weighted by Gasteiger charge is -2.13. The molecule has 0 aliphatic rings. The zero-order valence-corrected chi connectivity index (χ0v) is 17.6. The number of nitrogens with zero attached hydrogens (tertiary/aromatic N) is 6. The number of amides is 1. The van der Waals surface area contributed by atoms with Crippen molar-refractivity contribution in [3.05, 3.63) is 70.5 Å². The number of hydrogen-bond acceptors (Lipinski definition) is 6. The van der Waals surface area contributed by atoms with E-state index in [0.717, 1.165) is 11.4 Å². The van der Waals surface area contributed by atoms with Gasteiger partial charge >= 0.3 is 0 Å². The van der Waals surface area contributed by atoms with Gasteiger partial charge in [0.05, 0.1) is 29.1 Å². The van der Waals surface area contributed by atoms with Crippen LogP contribution >= 0.6 is 11.6 Å². The van der Waals surface area contributed by atoms with Crippen molar-refractivity contribution in [2.75, 3.05) is 12.4 Å². The van der Waals surface area contributed by atoms with E-state index < -0.39 is 11.7 Å². The van der Waals surface area contributed by atoms with Crippen LogP contribution in [0.2, 0.25) is 5.02 Å². The van der Waals surface area contributed by atoms with Gasteiger partial charge in [-0.3, -0.25) is 4.79 Å². The molecule has 9 nitrogen and oxygen atoms in total. The minimum atomic E-state index is -0.525. The number of benzene rings is 2. The lowest BCUT2D eigenvalue weighted by Crippen LogP contribution is -2.14. The van der Waals surface area contributed by atoms with Gasteiger partial charge in [0.2, 0.25) is 0 Å². The zero-order valence-electron chi connectivity index (χ0n) is 16.8. The predicted molar refractivity (Wildman–Crippen MR) is 112 cm³/mol. The van der Waals surface area contributed by atoms with Crippen LogP contribution in [0.1, 0.15) is 21.7 Å². The molecule has 4 aromatic rings. The van der Waals surface area contributed by atoms with Crippen LogP contribution in [0.4, 0.5) is 10.1 Å². The molecule has 0 aliphatic carbocycles. The van der Waals surface area contributed by atoms with E-state index in [1.807, 2.05) is 19.9 Å². The van der Waals surface area contributed by atoms with E-state index >= 15 is 0 Å². The number of nitrogens with one attached hydrogen (secondary N) is 1. The maximum absolute atomic E-state index is 14.7. The molecule has 2 aromatic carbocycles. The number of hydrogen-bond donors (Lipinski definition) is 1. The average Bonchev–Trinajstić information content (AvgIpc) is 3.37. The molecule has 0 aliphatic heterocycles. The molecule has 4 rings (SSSR count). The molecule has 31 heavy (non-hydrogen) atoms. The van der Waals surface area contributed by atoms with Crippen LogP contribution in [0.15, 0.2) is 42.7 Å². The number of carbonyl (C=O) groups is 1. The number of methoxy groups -OCH3 is 1. The van der Waals surface area contributed by atoms with Gasteiger partial charge in [0.25, 0.3) is 5.91 Å². The van der Waals surface area contributed by atoms with E-state index in [1.54, 1.807) is 18.2 Å². The summed E-state index contributed by atoms with van der Waals surface area (Å²) in [5.74, 6) is -0.782. The Hall–Kier alpha value is -3.79. The summed E-state index contributed by atoms with van der Waals surface area (Å²) in [5, 5.41) is 18.1. The third-order valence-corrected chi connectivity index (χ3v) is 4.86. The molecule has 11 heteroatoms. The molecule has 0 saturated heterocycles. The van der Waals surface area contributed by atoms with Gasteiger partial charge in [-0.15, -0.1) is 5.10 Å². The average molecular weight is 442 g/mol. The highest BCUT2D eigenvalue weighted by Crippen LogP contribution is 2.30. The van der Waals surface area contributed by atoms with E-state index in [0.29, 0.717) is 5.69 Å². The maximum atomic E-state index is 14.7. The third kappa shape index (κ3) is 3.97. The smallest absolute Gasteiger partial charge is 0.259 e. The SMILES string of the molecule is COc1cc(-n2cnnn2)c(Cl)cc1C(=O)Nc1ccc(-n2nc(C)cc2C)c(F)c1. The number of tetrazole rings is 1. The standard InChI is InChI=1S/C20H17ClFN7O2/c1-11-6-12(2)29(25-11)17-5-4-13(7-16(17)22)24-20(30)14-8-15(21)18(9-19(14)31-3)28-10-23-26-27-28/h4-10H,1-3H3,(H,24,30). The molecule has 0 bridgehead atoms. The van der Waals surface area contributed by atoms with Crippen LogP contribution < -0.4 is 10.1 Å². The van der Waals surface area contributed by atoms with Crippen LogP contribution in [0.5, 0.6) is 5.75 Å². The number of aromatic nitrogens is 6. The van der Waals surface area contributed by atoms with Crippen molar-refractivity contribution in [1.29, 1.82) is 0 Å². The van der Waals surface area contributed by atoms with Crippen LogP contribution in [-0.4, -0.2) is 43.0 Å². The van der Waals surface area contributed by atoms with Gasteiger partial charge < -0.3 is 10.1 Å². The summed E-state index contributed by atoms with van der Waals surface area (Å²) in [5.41, 5.74) is 2.76. The number of carbonyl (C=O) groups excluding carboxylic acids is 1. The quantitative estimate of drug-likeness (QED) is 0.508. The monoisotopic (exact) mass is 441 g/mol. The molecule has 1 amide bonds. The minimum Gasteiger partial charge on any atom is -0.496 e. The minimum absolute atomic E-state index is 0.173. The number of aryl methyl sites for hydroxylation is 2. The first-order chi connectivity index (χ1) is 14.9. The molecule has 2 heterocycles. The van der Waals surface area contributed by atoms with E-state index in [1.165, 1.54) is 34.9 Å². The lowest BCUT2D eigenvalue weighted by molar-refractivity contribution is 0.102. The summed E-state index contributed by atoms with van der Waals surface area (Å²) >= 11 is 6.31. The Labute approximate surface area is 181 Å². The van der Waals surface area contributed by atoms with Crippen LogP contribution in [-0.2, 0) is 0 Å². The van der Waals surface area contributed by atoms with Gasteiger partial charge in [-0.1, -0.05) is 11.6 Å². The second-order valence-electron chi connectivity index (χ2n) is 6.72. The topological polar surface area (TPSA) is 99.8 Å². The van der Waals surface area contributed by atoms with E-state index in [2.05, 4.69) is 25.9 Å². The molecule has 2 aromatic heterocycles. The molecule has 0 radical (unpaired) electrons. The first kappa shape index (κ1) is 20.5. The molecule has 0 atom stereocenters. The van der Waals surface area contributed by atoms with Crippen molar-refractivity contribution in [3.8, 4) is 17.1 Å². The summed E-state index contributed by atoms with van der Waals surface area (Å²) in [6.45, 7) is 3.67. The fourth-order valence-electron chi connectivity index (χ4n) is 3.16. The highest BCUT2D eigenvalue weighted by atomic mass is 35.5. The summed E-state index contributed by atoms with van der Waals surface area (Å²) in [7, 11) is 1.42. The first-order valence-corrected chi connectivity index (χ1v) is 9.50. The Morgan fingerprint density at radius 1 is 1.16 bits per heavy atom. The predicted octanol–water partition coefficient (Wildman–Crippen LogP) is 3.52. The van der Waals surface area contributed by atoms with Crippen LogP contribution in [0.3, 0.4) is 0 Å². The first-order valence-electron chi connectivity index (χ1n) is 9.13. The number of anilines is 1. The fourth-order valence-corrected chi connectivity index (χ4v) is 3.41. The van der Waals surface area contributed by atoms with Gasteiger partial charge in [-0.2, -0.15) is 9.78 Å². The van der Waals surface area contributed by atoms with Crippen molar-refractivity contribution in [2.24, 2.45) is 0 Å². The molecule has 0 spiro atoms. The van der Waals surface area contributed by atoms with Gasteiger partial charge in [0.15, 0.2) is 5.82 Å². The van der Waals surface area contributed by atoms with Crippen molar-refractivity contribution in [3.63, 3.8) is 0 Å². The molecule has 1 N–H and O–H groups in total. The lowest BCUT2D eigenvalue weighted by atomic mass is 10.1. The Morgan fingerprint density at radius 3 is 2.58 bits per heavy atom. The van der Waals surface area contributed by atoms with Crippen LogP contribution in [0, 0.1) is 19.7 Å². The summed E-state index contributed by atoms with van der Waals surface area (Å²) < 4.78 is 22.9. The van der Waals surface area contributed by atoms with Gasteiger partial charge in [0.1, 0.15) is 17.8 Å². The summed E-state index contributed by atoms with van der Waals surface area (Å²) in [6.07, 6.45) is 1.37. The highest BCUT2D eigenvalue weighted by Gasteiger charge is 2.18. The number of ether oxygens (including phenoxy) is 1. The van der Waals surface area contributed by atoms with Gasteiger partial charge in [-0.05, 0) is 54.6 Å². The third-order valence-electron chi connectivity index (χ3n) is 4.55. The Bertz CT molecular complexity index is 1270. The van der Waals surface area contributed by atoms with E-state index in [4.69, 9.17) is 16.3 Å². The van der Waals surface area contributed by atoms with Crippen molar-refractivity contribution in [2.45, 2.75) is 13.8 Å². The van der Waals surface area contributed by atoms with Crippen molar-refractivity contribution in [1.82, 2.24) is 30.0 Å². The second-order valence-corrected chi connectivity index (χ2v) is 7.12. The fraction of sp³-hybridized carbons (Fsp3) is 0.150. The maximum Gasteiger partial charge on any atom is 0.259 e. The van der Waals surface area contributed by atoms with Crippen molar-refractivity contribution >= 4 is 23.2 Å². The highest BCUT2D eigenvalue weighted by molar-refractivity contribution is 6.33. The molecule has 0 fully saturated rings. The van der Waals surface area contributed by atoms with E-state index in [-0.39, 0.29) is 27.7 Å². The molecular formula is C20H17ClFN7O2. The zero-order chi connectivity index (χ0) is 22.1. The molecule has 0 unspecified atom stereocenters. The number of halogens is 2. The van der Waals surface area contributed by atoms with Gasteiger partial charge in [0, 0.05) is 17.4 Å². The van der Waals surface area contributed by atoms with E-state index in [9.17, 15) is 9.18 Å². The Morgan fingerprint density at radius 2 is 1.97 bits per heavy atom. The molecule has 158 valence electrons. The Balaban J connectivity index is 1.62. The van der Waals surface area contributed by atoms with Crippen molar-refractivity contribution < 1.29 is 13.9 Å². The summed E-state index contributed by atoms with van der Waals surface area (Å²) in [6, 6.07) is 9.20. The normalized spacial score (nSPS) is 10.9. The second kappa shape index (κ2) is 8.15. The van der Waals surface area contributed by atoms with Gasteiger partial charge in [-0.25, -0.2) is 9.07 Å². The molecular weight excluding hydrogens is 425 g/mol. The Kier molecular flexibility index (Phi) is 5.38. The molecule has 0 saturated carbocycles. The number of rotatable bonds is 5.